The summed E-state index contributed by atoms with van der Waals surface area (Å²) in [7, 11) is 1.61. The highest BCUT2D eigenvalue weighted by Crippen LogP contribution is 2.16. The van der Waals surface area contributed by atoms with Gasteiger partial charge in [-0.3, -0.25) is 4.79 Å². The largest absolute Gasteiger partial charge is 0.497 e. The molecule has 4 heteroatoms. The van der Waals surface area contributed by atoms with Crippen LogP contribution in [0.5, 0.6) is 5.75 Å². The van der Waals surface area contributed by atoms with Gasteiger partial charge in [0.05, 0.1) is 19.6 Å². The van der Waals surface area contributed by atoms with Crippen molar-refractivity contribution < 1.29 is 13.9 Å². The van der Waals surface area contributed by atoms with E-state index in [1.807, 2.05) is 50.2 Å². The molecular formula is C16H19NO3. The highest BCUT2D eigenvalue weighted by atomic mass is 16.5. The lowest BCUT2D eigenvalue weighted by Gasteiger charge is -2.12. The van der Waals surface area contributed by atoms with Gasteiger partial charge in [0, 0.05) is 0 Å². The molecule has 0 aliphatic rings. The zero-order chi connectivity index (χ0) is 14.5. The van der Waals surface area contributed by atoms with Gasteiger partial charge >= 0.3 is 0 Å². The number of rotatable bonds is 5. The minimum atomic E-state index is -0.137. The van der Waals surface area contributed by atoms with E-state index in [2.05, 4.69) is 5.32 Å². The minimum absolute atomic E-state index is 0.0418. The number of amides is 1. The molecule has 1 heterocycles. The number of carbonyl (C=O) groups is 1. The number of aryl methyl sites for hydroxylation is 1. The quantitative estimate of drug-likeness (QED) is 0.911. The zero-order valence-corrected chi connectivity index (χ0v) is 12.0. The first-order valence-corrected chi connectivity index (χ1v) is 6.57. The van der Waals surface area contributed by atoms with Gasteiger partial charge in [0.25, 0.3) is 0 Å². The van der Waals surface area contributed by atoms with Gasteiger partial charge < -0.3 is 14.5 Å². The number of benzene rings is 1. The minimum Gasteiger partial charge on any atom is -0.497 e. The van der Waals surface area contributed by atoms with Crippen LogP contribution in [-0.2, 0) is 11.2 Å². The first-order valence-electron chi connectivity index (χ1n) is 6.57. The van der Waals surface area contributed by atoms with E-state index in [0.717, 1.165) is 22.8 Å². The Hall–Kier alpha value is -2.23. The number of hydrogen-bond donors (Lipinski definition) is 1. The molecule has 4 nitrogen and oxygen atoms in total. The molecule has 0 aliphatic heterocycles. The van der Waals surface area contributed by atoms with Gasteiger partial charge in [-0.1, -0.05) is 12.1 Å². The molecule has 1 amide bonds. The van der Waals surface area contributed by atoms with Gasteiger partial charge in [0.1, 0.15) is 17.3 Å². The van der Waals surface area contributed by atoms with Crippen molar-refractivity contribution in [1.29, 1.82) is 0 Å². The summed E-state index contributed by atoms with van der Waals surface area (Å²) >= 11 is 0. The van der Waals surface area contributed by atoms with Crippen LogP contribution >= 0.6 is 0 Å². The van der Waals surface area contributed by atoms with Crippen LogP contribution < -0.4 is 10.1 Å². The smallest absolute Gasteiger partial charge is 0.225 e. The van der Waals surface area contributed by atoms with Gasteiger partial charge in [-0.15, -0.1) is 0 Å². The Balaban J connectivity index is 1.95. The number of carbonyl (C=O) groups excluding carboxylic acids is 1. The fourth-order valence-electron chi connectivity index (χ4n) is 2.02. The van der Waals surface area contributed by atoms with Gasteiger partial charge in [-0.25, -0.2) is 0 Å². The van der Waals surface area contributed by atoms with Gasteiger partial charge in [-0.2, -0.15) is 0 Å². The standard InChI is InChI=1S/C16H19NO3/c1-11-7-8-15(20-11)12(2)17-16(18)10-13-5-4-6-14(9-13)19-3/h4-9,12H,10H2,1-3H3,(H,17,18). The summed E-state index contributed by atoms with van der Waals surface area (Å²) in [4.78, 5) is 12.0. The fraction of sp³-hybridized carbons (Fsp3) is 0.312. The molecule has 1 aromatic carbocycles. The van der Waals surface area contributed by atoms with Crippen LogP contribution in [0.3, 0.4) is 0 Å². The summed E-state index contributed by atoms with van der Waals surface area (Å²) in [6, 6.07) is 11.1. The number of nitrogens with one attached hydrogen (secondary N) is 1. The maximum absolute atomic E-state index is 12.0. The lowest BCUT2D eigenvalue weighted by Crippen LogP contribution is -2.27. The Labute approximate surface area is 118 Å². The van der Waals surface area contributed by atoms with Crippen LogP contribution in [-0.4, -0.2) is 13.0 Å². The van der Waals surface area contributed by atoms with Crippen LogP contribution in [0.15, 0.2) is 40.8 Å². The molecule has 0 aliphatic carbocycles. The third-order valence-electron chi connectivity index (χ3n) is 3.06. The predicted octanol–water partition coefficient (Wildman–Crippen LogP) is 3.02. The Kier molecular flexibility index (Phi) is 4.45. The lowest BCUT2D eigenvalue weighted by molar-refractivity contribution is -0.121. The van der Waals surface area contributed by atoms with Crippen molar-refractivity contribution in [2.45, 2.75) is 26.3 Å². The third kappa shape index (κ3) is 3.63. The van der Waals surface area contributed by atoms with Crippen molar-refractivity contribution in [3.05, 3.63) is 53.5 Å². The molecule has 106 valence electrons. The van der Waals surface area contributed by atoms with E-state index in [-0.39, 0.29) is 11.9 Å². The summed E-state index contributed by atoms with van der Waals surface area (Å²) < 4.78 is 10.6. The van der Waals surface area contributed by atoms with Crippen LogP contribution in [0.4, 0.5) is 0 Å². The van der Waals surface area contributed by atoms with Crippen molar-refractivity contribution in [2.24, 2.45) is 0 Å². The fourth-order valence-corrected chi connectivity index (χ4v) is 2.02. The molecule has 0 saturated heterocycles. The van der Waals surface area contributed by atoms with Crippen LogP contribution in [0.2, 0.25) is 0 Å². The van der Waals surface area contributed by atoms with Gasteiger partial charge in [0.2, 0.25) is 5.91 Å². The number of ether oxygens (including phenoxy) is 1. The molecule has 0 saturated carbocycles. The SMILES string of the molecule is COc1cccc(CC(=O)NC(C)c2ccc(C)o2)c1. The maximum atomic E-state index is 12.0. The predicted molar refractivity (Wildman–Crippen MR) is 76.7 cm³/mol. The Bertz CT molecular complexity index is 589. The number of furan rings is 1. The van der Waals surface area contributed by atoms with E-state index in [4.69, 9.17) is 9.15 Å². The first kappa shape index (κ1) is 14.2. The molecule has 0 spiro atoms. The van der Waals surface area contributed by atoms with Crippen molar-refractivity contribution in [2.75, 3.05) is 7.11 Å². The van der Waals surface area contributed by atoms with Crippen LogP contribution in [0.1, 0.15) is 30.0 Å². The summed E-state index contributed by atoms with van der Waals surface area (Å²) in [6.07, 6.45) is 0.321. The monoisotopic (exact) mass is 273 g/mol. The summed E-state index contributed by atoms with van der Waals surface area (Å²) in [5.74, 6) is 2.32. The normalized spacial score (nSPS) is 11.9. The van der Waals surface area contributed by atoms with Gasteiger partial charge in [-0.05, 0) is 43.7 Å². The van der Waals surface area contributed by atoms with E-state index in [1.54, 1.807) is 7.11 Å². The first-order chi connectivity index (χ1) is 9.58. The van der Waals surface area contributed by atoms with E-state index >= 15 is 0 Å². The summed E-state index contributed by atoms with van der Waals surface area (Å²) in [5.41, 5.74) is 0.921. The third-order valence-corrected chi connectivity index (χ3v) is 3.06. The molecule has 2 rings (SSSR count). The van der Waals surface area contributed by atoms with Crippen molar-refractivity contribution in [3.8, 4) is 5.75 Å². The number of methoxy groups -OCH3 is 1. The zero-order valence-electron chi connectivity index (χ0n) is 12.0. The highest BCUT2D eigenvalue weighted by molar-refractivity contribution is 5.79. The Morgan fingerprint density at radius 1 is 1.35 bits per heavy atom. The maximum Gasteiger partial charge on any atom is 0.225 e. The second kappa shape index (κ2) is 6.28. The van der Waals surface area contributed by atoms with E-state index < -0.39 is 0 Å². The topological polar surface area (TPSA) is 51.5 Å². The second-order valence-electron chi connectivity index (χ2n) is 4.77. The highest BCUT2D eigenvalue weighted by Gasteiger charge is 2.13. The average Bonchev–Trinajstić information content (AvgIpc) is 2.85. The summed E-state index contributed by atoms with van der Waals surface area (Å²) in [5, 5.41) is 2.92. The van der Waals surface area contributed by atoms with Gasteiger partial charge in [0.15, 0.2) is 0 Å². The van der Waals surface area contributed by atoms with Crippen molar-refractivity contribution >= 4 is 5.91 Å². The van der Waals surface area contributed by atoms with Crippen LogP contribution in [0.25, 0.3) is 0 Å². The second-order valence-corrected chi connectivity index (χ2v) is 4.77. The average molecular weight is 273 g/mol. The molecular weight excluding hydrogens is 254 g/mol. The molecule has 1 atom stereocenters. The molecule has 2 aromatic rings. The summed E-state index contributed by atoms with van der Waals surface area (Å²) in [6.45, 7) is 3.79. The van der Waals surface area contributed by atoms with E-state index in [1.165, 1.54) is 0 Å². The Morgan fingerprint density at radius 2 is 2.15 bits per heavy atom. The van der Waals surface area contributed by atoms with Crippen molar-refractivity contribution in [1.82, 2.24) is 5.32 Å². The molecule has 20 heavy (non-hydrogen) atoms. The molecule has 1 aromatic heterocycles. The molecule has 0 bridgehead atoms. The Morgan fingerprint density at radius 3 is 2.80 bits per heavy atom. The molecule has 1 N–H and O–H groups in total. The number of hydrogen-bond acceptors (Lipinski definition) is 3. The molecule has 0 fully saturated rings. The van der Waals surface area contributed by atoms with Crippen LogP contribution in [0, 0.1) is 6.92 Å². The van der Waals surface area contributed by atoms with E-state index in [9.17, 15) is 4.79 Å². The lowest BCUT2D eigenvalue weighted by atomic mass is 10.1. The van der Waals surface area contributed by atoms with E-state index in [0.29, 0.717) is 6.42 Å². The molecule has 0 radical (unpaired) electrons. The van der Waals surface area contributed by atoms with Crippen molar-refractivity contribution in [3.63, 3.8) is 0 Å². The molecule has 1 unspecified atom stereocenters.